The Morgan fingerprint density at radius 2 is 2.03 bits per heavy atom. The van der Waals surface area contributed by atoms with Gasteiger partial charge in [0.15, 0.2) is 0 Å². The molecule has 5 nitrogen and oxygen atoms in total. The quantitative estimate of drug-likeness (QED) is 0.559. The van der Waals surface area contributed by atoms with Crippen LogP contribution in [0.25, 0.3) is 11.8 Å². The maximum Gasteiger partial charge on any atom is 0.139 e. The lowest BCUT2D eigenvalue weighted by Gasteiger charge is -2.61. The summed E-state index contributed by atoms with van der Waals surface area (Å²) in [5, 5.41) is 26.7. The summed E-state index contributed by atoms with van der Waals surface area (Å²) in [7, 11) is 0. The standard InChI is InChI=1S/C31H40N2O3/c1-6-27(36)31(5)18(2)12-24-23-11-10-20-13-25-19(17-33(32-25)21-8-7-9-22(34)14-21)15-29(20,3)28(23)26(35)16-30(24,31)4/h7-9,13-14,17-18,23-24,26,28,34-35H,6,10-12,15-16H2,1-5H3/t18-,23+,24+,26+,28-,29+,30+,31-/m1/s1. The number of ketones is 1. The van der Waals surface area contributed by atoms with E-state index >= 15 is 0 Å². The highest BCUT2D eigenvalue weighted by Crippen LogP contribution is 2.71. The second-order valence-corrected chi connectivity index (χ2v) is 12.9. The van der Waals surface area contributed by atoms with Gasteiger partial charge in [-0.3, -0.25) is 4.79 Å². The molecule has 0 unspecified atom stereocenters. The molecule has 2 N–H and O–H groups in total. The predicted octanol–water partition coefficient (Wildman–Crippen LogP) is 5.96. The van der Waals surface area contributed by atoms with E-state index in [9.17, 15) is 15.0 Å². The lowest BCUT2D eigenvalue weighted by Crippen LogP contribution is -2.59. The molecule has 0 amide bonds. The van der Waals surface area contributed by atoms with Crippen molar-refractivity contribution < 1.29 is 15.0 Å². The second kappa shape index (κ2) is 7.80. The summed E-state index contributed by atoms with van der Waals surface area (Å²) in [6.45, 7) is 11.2. The lowest BCUT2D eigenvalue weighted by atomic mass is 9.44. The Labute approximate surface area is 214 Å². The van der Waals surface area contributed by atoms with Gasteiger partial charge in [0.2, 0.25) is 0 Å². The molecule has 2 aromatic rings. The number of phenolic OH excluding ortho intramolecular Hbond substituents is 1. The molecule has 3 saturated carbocycles. The Balaban J connectivity index is 1.37. The first-order chi connectivity index (χ1) is 17.0. The van der Waals surface area contributed by atoms with Gasteiger partial charge in [0.25, 0.3) is 0 Å². The summed E-state index contributed by atoms with van der Waals surface area (Å²) in [6, 6.07) is 7.20. The molecule has 3 fully saturated rings. The Bertz CT molecular complexity index is 1260. The van der Waals surface area contributed by atoms with Crippen LogP contribution >= 0.6 is 0 Å². The SMILES string of the molecule is CCC(=O)[C@@]1(C)[C@H](C)C[C@H]2[C@@H]3CCC4=Cc5nn(-c6cccc(O)c6)cc5C[C@]4(C)[C@H]3[C@@H](O)C[C@@]21C. The van der Waals surface area contributed by atoms with Crippen LogP contribution in [0.5, 0.6) is 5.75 Å². The minimum atomic E-state index is -0.415. The first-order valence-corrected chi connectivity index (χ1v) is 13.8. The molecule has 1 aromatic carbocycles. The fourth-order valence-electron chi connectivity index (χ4n) is 9.47. The van der Waals surface area contributed by atoms with Gasteiger partial charge in [0.1, 0.15) is 11.5 Å². The van der Waals surface area contributed by atoms with Crippen molar-refractivity contribution in [1.29, 1.82) is 0 Å². The number of hydrogen-bond donors (Lipinski definition) is 2. The molecule has 0 spiro atoms. The Morgan fingerprint density at radius 1 is 1.25 bits per heavy atom. The van der Waals surface area contributed by atoms with Gasteiger partial charge in [-0.2, -0.15) is 5.10 Å². The van der Waals surface area contributed by atoms with E-state index in [4.69, 9.17) is 5.10 Å². The van der Waals surface area contributed by atoms with Crippen molar-refractivity contribution >= 4 is 11.9 Å². The molecule has 4 aliphatic carbocycles. The first kappa shape index (κ1) is 24.0. The normalized spacial score (nSPS) is 41.1. The highest BCUT2D eigenvalue weighted by atomic mass is 16.3. The maximum atomic E-state index is 13.3. The van der Waals surface area contributed by atoms with E-state index in [2.05, 4.69) is 40.0 Å². The molecule has 0 aliphatic heterocycles. The fraction of sp³-hybridized carbons (Fsp3) is 0.613. The van der Waals surface area contributed by atoms with Crippen LogP contribution in [0, 0.1) is 39.9 Å². The molecular weight excluding hydrogens is 448 g/mol. The van der Waals surface area contributed by atoms with Crippen LogP contribution in [0.3, 0.4) is 0 Å². The molecule has 0 radical (unpaired) electrons. The van der Waals surface area contributed by atoms with E-state index in [1.165, 1.54) is 11.1 Å². The smallest absolute Gasteiger partial charge is 0.139 e. The summed E-state index contributed by atoms with van der Waals surface area (Å²) in [5.74, 6) is 2.03. The number of fused-ring (bicyclic) bond motifs is 6. The highest BCUT2D eigenvalue weighted by Gasteiger charge is 2.68. The first-order valence-electron chi connectivity index (χ1n) is 13.8. The number of aromatic nitrogens is 2. The van der Waals surface area contributed by atoms with Gasteiger partial charge in [-0.1, -0.05) is 46.3 Å². The minimum Gasteiger partial charge on any atom is -0.508 e. The van der Waals surface area contributed by atoms with E-state index in [1.54, 1.807) is 12.1 Å². The topological polar surface area (TPSA) is 75.4 Å². The summed E-state index contributed by atoms with van der Waals surface area (Å²) in [4.78, 5) is 13.3. The van der Waals surface area contributed by atoms with E-state index in [0.29, 0.717) is 36.4 Å². The van der Waals surface area contributed by atoms with Crippen molar-refractivity contribution in [3.63, 3.8) is 0 Å². The molecule has 5 heteroatoms. The third kappa shape index (κ3) is 2.98. The van der Waals surface area contributed by atoms with Gasteiger partial charge in [0.05, 0.1) is 17.5 Å². The molecule has 192 valence electrons. The molecule has 1 aromatic heterocycles. The van der Waals surface area contributed by atoms with Crippen molar-refractivity contribution in [1.82, 2.24) is 9.78 Å². The van der Waals surface area contributed by atoms with E-state index in [1.807, 2.05) is 23.7 Å². The van der Waals surface area contributed by atoms with Crippen LogP contribution in [0.2, 0.25) is 0 Å². The number of nitrogens with zero attached hydrogens (tertiary/aromatic N) is 2. The van der Waals surface area contributed by atoms with Crippen molar-refractivity contribution in [2.24, 2.45) is 39.9 Å². The van der Waals surface area contributed by atoms with Crippen molar-refractivity contribution in [3.05, 3.63) is 47.3 Å². The van der Waals surface area contributed by atoms with Crippen molar-refractivity contribution in [2.75, 3.05) is 0 Å². The van der Waals surface area contributed by atoms with Gasteiger partial charge in [-0.15, -0.1) is 0 Å². The van der Waals surface area contributed by atoms with Gasteiger partial charge >= 0.3 is 0 Å². The Kier molecular flexibility index (Phi) is 5.19. The molecule has 0 bridgehead atoms. The second-order valence-electron chi connectivity index (χ2n) is 12.9. The number of hydrogen-bond acceptors (Lipinski definition) is 4. The van der Waals surface area contributed by atoms with Gasteiger partial charge in [-0.05, 0) is 90.4 Å². The Hall–Kier alpha value is -2.40. The zero-order chi connectivity index (χ0) is 25.6. The Morgan fingerprint density at radius 3 is 2.75 bits per heavy atom. The fourth-order valence-corrected chi connectivity index (χ4v) is 9.47. The summed E-state index contributed by atoms with van der Waals surface area (Å²) >= 11 is 0. The largest absolute Gasteiger partial charge is 0.508 e. The maximum absolute atomic E-state index is 13.3. The molecule has 4 aliphatic rings. The van der Waals surface area contributed by atoms with E-state index < -0.39 is 6.10 Å². The minimum absolute atomic E-state index is 0.111. The van der Waals surface area contributed by atoms with E-state index in [-0.39, 0.29) is 27.9 Å². The van der Waals surface area contributed by atoms with Gasteiger partial charge in [-0.25, -0.2) is 4.68 Å². The number of aliphatic hydroxyl groups is 1. The van der Waals surface area contributed by atoms with Crippen LogP contribution in [0.4, 0.5) is 0 Å². The van der Waals surface area contributed by atoms with Crippen LogP contribution in [0.1, 0.15) is 78.0 Å². The third-order valence-electron chi connectivity index (χ3n) is 11.5. The lowest BCUT2D eigenvalue weighted by molar-refractivity contribution is -0.158. The monoisotopic (exact) mass is 488 g/mol. The number of benzene rings is 1. The number of Topliss-reactive ketones (excluding diaryl/α,β-unsaturated/α-hetero) is 1. The molecule has 6 rings (SSSR count). The number of carbonyl (C=O) groups excluding carboxylic acids is 1. The third-order valence-corrected chi connectivity index (χ3v) is 11.5. The number of carbonyl (C=O) groups is 1. The molecule has 1 heterocycles. The number of aromatic hydroxyl groups is 1. The number of phenols is 1. The molecule has 36 heavy (non-hydrogen) atoms. The number of aliphatic hydroxyl groups excluding tert-OH is 1. The van der Waals surface area contributed by atoms with Crippen molar-refractivity contribution in [2.45, 2.75) is 79.2 Å². The van der Waals surface area contributed by atoms with Crippen LogP contribution in [0.15, 0.2) is 36.0 Å². The number of rotatable bonds is 3. The average molecular weight is 489 g/mol. The summed E-state index contributed by atoms with van der Waals surface area (Å²) < 4.78 is 1.87. The van der Waals surface area contributed by atoms with E-state index in [0.717, 1.165) is 37.1 Å². The van der Waals surface area contributed by atoms with Crippen LogP contribution in [-0.4, -0.2) is 31.9 Å². The summed E-state index contributed by atoms with van der Waals surface area (Å²) in [6.07, 6.45) is 9.31. The van der Waals surface area contributed by atoms with Crippen LogP contribution < -0.4 is 0 Å². The van der Waals surface area contributed by atoms with Gasteiger partial charge < -0.3 is 10.2 Å². The molecular formula is C31H40N2O3. The molecule has 8 atom stereocenters. The zero-order valence-corrected chi connectivity index (χ0v) is 22.3. The summed E-state index contributed by atoms with van der Waals surface area (Å²) in [5.41, 5.74) is 3.85. The average Bonchev–Trinajstić information content (AvgIpc) is 3.33. The highest BCUT2D eigenvalue weighted by molar-refractivity contribution is 5.86. The van der Waals surface area contributed by atoms with Crippen molar-refractivity contribution in [3.8, 4) is 11.4 Å². The zero-order valence-electron chi connectivity index (χ0n) is 22.3. The van der Waals surface area contributed by atoms with Crippen LogP contribution in [-0.2, 0) is 11.2 Å². The number of allylic oxidation sites excluding steroid dienone is 1. The predicted molar refractivity (Wildman–Crippen MR) is 141 cm³/mol. The molecule has 0 saturated heterocycles. The van der Waals surface area contributed by atoms with Gasteiger partial charge in [0, 0.05) is 24.1 Å².